The minimum absolute atomic E-state index is 0.0363. The lowest BCUT2D eigenvalue weighted by molar-refractivity contribution is -0.116. The molecule has 2 rings (SSSR count). The summed E-state index contributed by atoms with van der Waals surface area (Å²) >= 11 is 5.57. The van der Waals surface area contributed by atoms with Crippen LogP contribution in [0, 0.1) is 0 Å². The molecular weight excluding hydrogens is 248 g/mol. The zero-order chi connectivity index (χ0) is 12.8. The van der Waals surface area contributed by atoms with Crippen LogP contribution in [0.1, 0.15) is 25.7 Å². The van der Waals surface area contributed by atoms with Gasteiger partial charge < -0.3 is 10.2 Å². The summed E-state index contributed by atoms with van der Waals surface area (Å²) in [6, 6.07) is 8.06. The highest BCUT2D eigenvalue weighted by Gasteiger charge is 2.12. The molecule has 0 unspecified atom stereocenters. The second-order valence-electron chi connectivity index (χ2n) is 4.59. The maximum Gasteiger partial charge on any atom is 0.224 e. The number of hydrogen-bond donors (Lipinski definition) is 1. The minimum Gasteiger partial charge on any atom is -0.371 e. The summed E-state index contributed by atoms with van der Waals surface area (Å²) in [6.07, 6.45) is 3.72. The maximum absolute atomic E-state index is 11.6. The summed E-state index contributed by atoms with van der Waals surface area (Å²) < 4.78 is 0. The van der Waals surface area contributed by atoms with Crippen LogP contribution in [0.15, 0.2) is 24.3 Å². The van der Waals surface area contributed by atoms with Crippen LogP contribution in [0.4, 0.5) is 11.4 Å². The Balaban J connectivity index is 1.96. The van der Waals surface area contributed by atoms with Gasteiger partial charge in [-0.25, -0.2) is 0 Å². The molecule has 0 aromatic heterocycles. The summed E-state index contributed by atoms with van der Waals surface area (Å²) in [5.74, 6) is 0.565. The smallest absolute Gasteiger partial charge is 0.224 e. The van der Waals surface area contributed by atoms with Crippen molar-refractivity contribution in [3.05, 3.63) is 24.3 Å². The monoisotopic (exact) mass is 266 g/mol. The lowest BCUT2D eigenvalue weighted by Crippen LogP contribution is -2.18. The molecule has 1 aliphatic rings. The SMILES string of the molecule is O=C(CCCCl)Nc1cccc(N2CCCC2)c1. The fourth-order valence-corrected chi connectivity index (χ4v) is 2.34. The summed E-state index contributed by atoms with van der Waals surface area (Å²) in [5.41, 5.74) is 2.07. The van der Waals surface area contributed by atoms with Gasteiger partial charge in [-0.2, -0.15) is 0 Å². The van der Waals surface area contributed by atoms with Crippen molar-refractivity contribution < 1.29 is 4.79 Å². The van der Waals surface area contributed by atoms with Crippen LogP contribution in [-0.4, -0.2) is 24.9 Å². The topological polar surface area (TPSA) is 32.3 Å². The molecule has 1 heterocycles. The molecule has 4 heteroatoms. The van der Waals surface area contributed by atoms with Crippen molar-refractivity contribution in [2.24, 2.45) is 0 Å². The van der Waals surface area contributed by atoms with E-state index in [1.165, 1.54) is 18.5 Å². The van der Waals surface area contributed by atoms with Crippen molar-refractivity contribution in [1.82, 2.24) is 0 Å². The molecule has 18 heavy (non-hydrogen) atoms. The Kier molecular flexibility index (Phi) is 4.88. The second-order valence-corrected chi connectivity index (χ2v) is 4.96. The van der Waals surface area contributed by atoms with E-state index < -0.39 is 0 Å². The highest BCUT2D eigenvalue weighted by molar-refractivity contribution is 6.18. The predicted octanol–water partition coefficient (Wildman–Crippen LogP) is 3.24. The first-order valence-electron chi connectivity index (χ1n) is 6.50. The van der Waals surface area contributed by atoms with Crippen LogP contribution in [-0.2, 0) is 4.79 Å². The number of amides is 1. The van der Waals surface area contributed by atoms with Gasteiger partial charge in [0, 0.05) is 36.8 Å². The minimum atomic E-state index is 0.0363. The average molecular weight is 267 g/mol. The van der Waals surface area contributed by atoms with E-state index in [2.05, 4.69) is 16.3 Å². The second kappa shape index (κ2) is 6.64. The highest BCUT2D eigenvalue weighted by atomic mass is 35.5. The van der Waals surface area contributed by atoms with E-state index in [0.29, 0.717) is 12.3 Å². The van der Waals surface area contributed by atoms with Gasteiger partial charge in [0.1, 0.15) is 0 Å². The van der Waals surface area contributed by atoms with E-state index in [0.717, 1.165) is 25.2 Å². The molecule has 1 saturated heterocycles. The summed E-state index contributed by atoms with van der Waals surface area (Å²) in [4.78, 5) is 14.0. The van der Waals surface area contributed by atoms with Gasteiger partial charge in [-0.05, 0) is 37.5 Å². The van der Waals surface area contributed by atoms with Crippen LogP contribution in [0.2, 0.25) is 0 Å². The molecule has 3 nitrogen and oxygen atoms in total. The number of alkyl halides is 1. The van der Waals surface area contributed by atoms with Crippen LogP contribution >= 0.6 is 11.6 Å². The molecule has 1 aromatic carbocycles. The van der Waals surface area contributed by atoms with Crippen molar-refractivity contribution >= 4 is 28.9 Å². The first kappa shape index (κ1) is 13.2. The van der Waals surface area contributed by atoms with Gasteiger partial charge in [-0.3, -0.25) is 4.79 Å². The molecular formula is C14H19ClN2O. The van der Waals surface area contributed by atoms with Crippen molar-refractivity contribution in [3.8, 4) is 0 Å². The van der Waals surface area contributed by atoms with E-state index in [4.69, 9.17) is 11.6 Å². The van der Waals surface area contributed by atoms with E-state index in [1.54, 1.807) is 0 Å². The molecule has 0 spiro atoms. The molecule has 1 N–H and O–H groups in total. The fraction of sp³-hybridized carbons (Fsp3) is 0.500. The number of halogens is 1. The Bertz CT molecular complexity index is 403. The third-order valence-electron chi connectivity index (χ3n) is 3.14. The van der Waals surface area contributed by atoms with Gasteiger partial charge in [-0.1, -0.05) is 6.07 Å². The molecule has 0 saturated carbocycles. The third kappa shape index (κ3) is 3.64. The number of benzene rings is 1. The number of carbonyl (C=O) groups is 1. The first-order chi connectivity index (χ1) is 8.79. The Labute approximate surface area is 113 Å². The van der Waals surface area contributed by atoms with Gasteiger partial charge >= 0.3 is 0 Å². The highest BCUT2D eigenvalue weighted by Crippen LogP contribution is 2.23. The number of nitrogens with one attached hydrogen (secondary N) is 1. The number of anilines is 2. The molecule has 1 aromatic rings. The number of hydrogen-bond acceptors (Lipinski definition) is 2. The van der Waals surface area contributed by atoms with E-state index in [-0.39, 0.29) is 5.91 Å². The summed E-state index contributed by atoms with van der Waals surface area (Å²) in [5, 5.41) is 2.92. The van der Waals surface area contributed by atoms with Crippen molar-refractivity contribution in [2.45, 2.75) is 25.7 Å². The van der Waals surface area contributed by atoms with E-state index >= 15 is 0 Å². The zero-order valence-electron chi connectivity index (χ0n) is 10.5. The number of rotatable bonds is 5. The van der Waals surface area contributed by atoms with Crippen LogP contribution in [0.25, 0.3) is 0 Å². The molecule has 1 fully saturated rings. The first-order valence-corrected chi connectivity index (χ1v) is 7.04. The Morgan fingerprint density at radius 2 is 2.11 bits per heavy atom. The molecule has 0 aliphatic carbocycles. The fourth-order valence-electron chi connectivity index (χ4n) is 2.21. The lowest BCUT2D eigenvalue weighted by atomic mass is 10.2. The standard InChI is InChI=1S/C14H19ClN2O/c15-8-4-7-14(18)16-12-5-3-6-13(11-12)17-9-1-2-10-17/h3,5-6,11H,1-2,4,7-10H2,(H,16,18). The Morgan fingerprint density at radius 1 is 1.33 bits per heavy atom. The van der Waals surface area contributed by atoms with Crippen molar-refractivity contribution in [3.63, 3.8) is 0 Å². The lowest BCUT2D eigenvalue weighted by Gasteiger charge is -2.18. The van der Waals surface area contributed by atoms with Crippen LogP contribution < -0.4 is 10.2 Å². The largest absolute Gasteiger partial charge is 0.371 e. The molecule has 98 valence electrons. The van der Waals surface area contributed by atoms with Crippen LogP contribution in [0.3, 0.4) is 0 Å². The normalized spacial score (nSPS) is 14.8. The van der Waals surface area contributed by atoms with Gasteiger partial charge in [0.2, 0.25) is 5.91 Å². The quantitative estimate of drug-likeness (QED) is 0.830. The molecule has 0 radical (unpaired) electrons. The zero-order valence-corrected chi connectivity index (χ0v) is 11.2. The van der Waals surface area contributed by atoms with Gasteiger partial charge in [0.25, 0.3) is 0 Å². The van der Waals surface area contributed by atoms with E-state index in [1.807, 2.05) is 18.2 Å². The van der Waals surface area contributed by atoms with Gasteiger partial charge in [-0.15, -0.1) is 11.6 Å². The predicted molar refractivity (Wildman–Crippen MR) is 76.5 cm³/mol. The molecule has 0 bridgehead atoms. The summed E-state index contributed by atoms with van der Waals surface area (Å²) in [7, 11) is 0. The van der Waals surface area contributed by atoms with Crippen molar-refractivity contribution in [1.29, 1.82) is 0 Å². The Hall–Kier alpha value is -1.22. The molecule has 1 aliphatic heterocycles. The van der Waals surface area contributed by atoms with E-state index in [9.17, 15) is 4.79 Å². The Morgan fingerprint density at radius 3 is 2.83 bits per heavy atom. The van der Waals surface area contributed by atoms with Crippen molar-refractivity contribution in [2.75, 3.05) is 29.2 Å². The van der Waals surface area contributed by atoms with Crippen LogP contribution in [0.5, 0.6) is 0 Å². The molecule has 1 amide bonds. The average Bonchev–Trinajstić information content (AvgIpc) is 2.90. The summed E-state index contributed by atoms with van der Waals surface area (Å²) in [6.45, 7) is 2.23. The maximum atomic E-state index is 11.6. The number of carbonyl (C=O) groups excluding carboxylic acids is 1. The van der Waals surface area contributed by atoms with Gasteiger partial charge in [0.15, 0.2) is 0 Å². The number of nitrogens with zero attached hydrogens (tertiary/aromatic N) is 1. The van der Waals surface area contributed by atoms with Gasteiger partial charge in [0.05, 0.1) is 0 Å². The molecule has 0 atom stereocenters. The third-order valence-corrected chi connectivity index (χ3v) is 3.41.